The zero-order valence-electron chi connectivity index (χ0n) is 20.8. The second-order valence-corrected chi connectivity index (χ2v) is 8.99. The molecule has 39 heavy (non-hydrogen) atoms. The van der Waals surface area contributed by atoms with Crippen molar-refractivity contribution in [3.8, 4) is 0 Å². The standard InChI is InChI=1S/C29H25NO9/c1-36-29-22(30-25(32)19-14-8-9-15-20(19)26(30)33)24(39-28(35)18-12-6-3-7-13-18)23(31)21(38-29)16-37-27(34)17-10-4-2-5-11-17/h2-15,21-24,29,31H,16H2,1H3/t21?,22?,23?,24-,29-/m1/s1. The number of fused-ring (bicyclic) bond motifs is 1. The summed E-state index contributed by atoms with van der Waals surface area (Å²) in [6, 6.07) is 21.2. The monoisotopic (exact) mass is 531 g/mol. The predicted octanol–water partition coefficient (Wildman–Crippen LogP) is 2.47. The largest absolute Gasteiger partial charge is 0.459 e. The van der Waals surface area contributed by atoms with E-state index >= 15 is 0 Å². The van der Waals surface area contributed by atoms with E-state index in [4.69, 9.17) is 18.9 Å². The van der Waals surface area contributed by atoms with Gasteiger partial charge in [0.1, 0.15) is 24.9 Å². The van der Waals surface area contributed by atoms with Crippen LogP contribution in [0, 0.1) is 0 Å². The van der Waals surface area contributed by atoms with Crippen molar-refractivity contribution < 1.29 is 43.2 Å². The number of amides is 2. The fraction of sp³-hybridized carbons (Fsp3) is 0.241. The summed E-state index contributed by atoms with van der Waals surface area (Å²) >= 11 is 0. The molecule has 3 aromatic rings. The van der Waals surface area contributed by atoms with Gasteiger partial charge in [-0.3, -0.25) is 14.5 Å². The van der Waals surface area contributed by atoms with E-state index in [1.165, 1.54) is 31.4 Å². The van der Waals surface area contributed by atoms with Crippen molar-refractivity contribution in [3.05, 3.63) is 107 Å². The van der Waals surface area contributed by atoms with Crippen molar-refractivity contribution in [2.45, 2.75) is 30.6 Å². The smallest absolute Gasteiger partial charge is 0.338 e. The molecule has 3 unspecified atom stereocenters. The zero-order chi connectivity index (χ0) is 27.5. The van der Waals surface area contributed by atoms with Crippen LogP contribution in [0.2, 0.25) is 0 Å². The molecule has 0 bridgehead atoms. The predicted molar refractivity (Wildman–Crippen MR) is 135 cm³/mol. The average Bonchev–Trinajstić information content (AvgIpc) is 3.23. The number of nitrogens with zero attached hydrogens (tertiary/aromatic N) is 1. The summed E-state index contributed by atoms with van der Waals surface area (Å²) in [6.07, 6.45) is -5.59. The first kappa shape index (κ1) is 26.2. The van der Waals surface area contributed by atoms with Crippen molar-refractivity contribution in [2.24, 2.45) is 0 Å². The molecule has 2 aliphatic heterocycles. The number of carbonyl (C=O) groups excluding carboxylic acids is 4. The molecule has 1 fully saturated rings. The highest BCUT2D eigenvalue weighted by Gasteiger charge is 2.55. The molecule has 200 valence electrons. The summed E-state index contributed by atoms with van der Waals surface area (Å²) in [5.74, 6) is -2.74. The summed E-state index contributed by atoms with van der Waals surface area (Å²) < 4.78 is 22.5. The molecule has 0 aliphatic carbocycles. The Balaban J connectivity index is 1.45. The first-order chi connectivity index (χ1) is 18.9. The van der Waals surface area contributed by atoms with Gasteiger partial charge in [-0.25, -0.2) is 9.59 Å². The molecular weight excluding hydrogens is 506 g/mol. The Labute approximate surface area is 223 Å². The third-order valence-corrected chi connectivity index (χ3v) is 6.64. The van der Waals surface area contributed by atoms with Gasteiger partial charge in [-0.05, 0) is 36.4 Å². The molecule has 3 aromatic carbocycles. The normalized spacial score (nSPS) is 24.3. The fourth-order valence-electron chi connectivity index (χ4n) is 4.70. The number of rotatable bonds is 7. The fourth-order valence-corrected chi connectivity index (χ4v) is 4.70. The zero-order valence-corrected chi connectivity index (χ0v) is 20.8. The quantitative estimate of drug-likeness (QED) is 0.361. The summed E-state index contributed by atoms with van der Waals surface area (Å²) in [5.41, 5.74) is 0.818. The number of imide groups is 1. The lowest BCUT2D eigenvalue weighted by Gasteiger charge is -2.45. The van der Waals surface area contributed by atoms with Crippen molar-refractivity contribution in [3.63, 3.8) is 0 Å². The number of ether oxygens (including phenoxy) is 4. The molecule has 1 N–H and O–H groups in total. The van der Waals surface area contributed by atoms with Gasteiger partial charge in [-0.1, -0.05) is 48.5 Å². The molecule has 5 rings (SSSR count). The van der Waals surface area contributed by atoms with Crippen LogP contribution in [0.25, 0.3) is 0 Å². The average molecular weight is 532 g/mol. The number of esters is 2. The minimum atomic E-state index is -1.60. The van der Waals surface area contributed by atoms with Crippen molar-refractivity contribution in [1.29, 1.82) is 0 Å². The topological polar surface area (TPSA) is 129 Å². The van der Waals surface area contributed by atoms with Gasteiger partial charge in [-0.15, -0.1) is 0 Å². The number of aliphatic hydroxyl groups excluding tert-OH is 1. The van der Waals surface area contributed by atoms with Crippen LogP contribution < -0.4 is 0 Å². The second-order valence-electron chi connectivity index (χ2n) is 8.99. The highest BCUT2D eigenvalue weighted by atomic mass is 16.7. The lowest BCUT2D eigenvalue weighted by atomic mass is 9.95. The van der Waals surface area contributed by atoms with Gasteiger partial charge in [-0.2, -0.15) is 0 Å². The molecule has 0 saturated carbocycles. The van der Waals surface area contributed by atoms with Gasteiger partial charge in [0.15, 0.2) is 12.4 Å². The number of aliphatic hydroxyl groups is 1. The number of carbonyl (C=O) groups is 4. The molecule has 5 atom stereocenters. The third-order valence-electron chi connectivity index (χ3n) is 6.64. The molecule has 0 aromatic heterocycles. The van der Waals surface area contributed by atoms with Gasteiger partial charge in [0, 0.05) is 7.11 Å². The van der Waals surface area contributed by atoms with Crippen LogP contribution >= 0.6 is 0 Å². The highest BCUT2D eigenvalue weighted by molar-refractivity contribution is 6.21. The maximum absolute atomic E-state index is 13.3. The Bertz CT molecular complexity index is 1340. The van der Waals surface area contributed by atoms with Crippen LogP contribution in [0.3, 0.4) is 0 Å². The number of methoxy groups -OCH3 is 1. The molecule has 10 nitrogen and oxygen atoms in total. The van der Waals surface area contributed by atoms with Crippen molar-refractivity contribution >= 4 is 23.8 Å². The summed E-state index contributed by atoms with van der Waals surface area (Å²) in [7, 11) is 1.29. The molecular formula is C29H25NO9. The molecule has 10 heteroatoms. The molecule has 2 amide bonds. The van der Waals surface area contributed by atoms with Gasteiger partial charge >= 0.3 is 11.9 Å². The van der Waals surface area contributed by atoms with E-state index in [1.807, 2.05) is 0 Å². The first-order valence-electron chi connectivity index (χ1n) is 12.2. The van der Waals surface area contributed by atoms with Gasteiger partial charge in [0.05, 0.1) is 22.3 Å². The van der Waals surface area contributed by atoms with Crippen LogP contribution in [0.5, 0.6) is 0 Å². The molecule has 0 spiro atoms. The molecule has 2 heterocycles. The van der Waals surface area contributed by atoms with E-state index in [9.17, 15) is 24.3 Å². The van der Waals surface area contributed by atoms with Gasteiger partial charge < -0.3 is 24.1 Å². The molecule has 0 radical (unpaired) electrons. The molecule has 2 aliphatic rings. The van der Waals surface area contributed by atoms with Crippen LogP contribution in [-0.4, -0.2) is 78.1 Å². The number of hydrogen-bond donors (Lipinski definition) is 1. The van der Waals surface area contributed by atoms with Crippen LogP contribution in [-0.2, 0) is 18.9 Å². The lowest BCUT2D eigenvalue weighted by molar-refractivity contribution is -0.271. The minimum absolute atomic E-state index is 0.166. The second kappa shape index (κ2) is 11.2. The van der Waals surface area contributed by atoms with Crippen LogP contribution in [0.15, 0.2) is 84.9 Å². The van der Waals surface area contributed by atoms with E-state index in [0.717, 1.165) is 4.90 Å². The summed E-state index contributed by atoms with van der Waals surface area (Å²) in [5, 5.41) is 11.3. The first-order valence-corrected chi connectivity index (χ1v) is 12.2. The highest BCUT2D eigenvalue weighted by Crippen LogP contribution is 2.34. The SMILES string of the molecule is CO[C@@H]1OC(COC(=O)c2ccccc2)C(O)[C@H](OC(=O)c2ccccc2)C1N1C(=O)c2ccccc2C1=O. The van der Waals surface area contributed by atoms with E-state index < -0.39 is 61.0 Å². The van der Waals surface area contributed by atoms with E-state index in [-0.39, 0.29) is 16.7 Å². The lowest BCUT2D eigenvalue weighted by Crippen LogP contribution is -2.66. The van der Waals surface area contributed by atoms with Crippen molar-refractivity contribution in [1.82, 2.24) is 4.90 Å². The Hall–Kier alpha value is -4.38. The van der Waals surface area contributed by atoms with Crippen LogP contribution in [0.1, 0.15) is 41.4 Å². The van der Waals surface area contributed by atoms with E-state index in [1.54, 1.807) is 60.7 Å². The maximum Gasteiger partial charge on any atom is 0.338 e. The number of hydrogen-bond acceptors (Lipinski definition) is 9. The minimum Gasteiger partial charge on any atom is -0.459 e. The van der Waals surface area contributed by atoms with Gasteiger partial charge in [0.2, 0.25) is 0 Å². The Morgan fingerprint density at radius 2 is 1.33 bits per heavy atom. The van der Waals surface area contributed by atoms with Crippen LogP contribution in [0.4, 0.5) is 0 Å². The molecule has 1 saturated heterocycles. The third kappa shape index (κ3) is 5.05. The Kier molecular flexibility index (Phi) is 7.51. The van der Waals surface area contributed by atoms with Crippen molar-refractivity contribution in [2.75, 3.05) is 13.7 Å². The van der Waals surface area contributed by atoms with Gasteiger partial charge in [0.25, 0.3) is 11.8 Å². The Morgan fingerprint density at radius 1 is 0.821 bits per heavy atom. The maximum atomic E-state index is 13.3. The number of benzene rings is 3. The summed E-state index contributed by atoms with van der Waals surface area (Å²) in [4.78, 5) is 53.1. The Morgan fingerprint density at radius 3 is 1.87 bits per heavy atom. The summed E-state index contributed by atoms with van der Waals surface area (Å²) in [6.45, 7) is -0.414. The van der Waals surface area contributed by atoms with E-state index in [2.05, 4.69) is 0 Å². The van der Waals surface area contributed by atoms with E-state index in [0.29, 0.717) is 5.56 Å².